The van der Waals surface area contributed by atoms with Gasteiger partial charge in [0.2, 0.25) is 0 Å². The fourth-order valence-electron chi connectivity index (χ4n) is 1.52. The Labute approximate surface area is 115 Å². The molecular formula is C13H16F2N2O3. The Morgan fingerprint density at radius 1 is 1.20 bits per heavy atom. The first-order valence-electron chi connectivity index (χ1n) is 5.86. The van der Waals surface area contributed by atoms with Crippen molar-refractivity contribution in [3.05, 3.63) is 29.8 Å². The van der Waals surface area contributed by atoms with Gasteiger partial charge in [-0.25, -0.2) is 18.4 Å². The monoisotopic (exact) mass is 286 g/mol. The van der Waals surface area contributed by atoms with Crippen LogP contribution < -0.4 is 10.6 Å². The quantitative estimate of drug-likeness (QED) is 0.799. The van der Waals surface area contributed by atoms with Gasteiger partial charge in [-0.2, -0.15) is 0 Å². The maximum Gasteiger partial charge on any atom is 0.326 e. The lowest BCUT2D eigenvalue weighted by Crippen LogP contribution is -2.50. The third kappa shape index (κ3) is 4.18. The van der Waals surface area contributed by atoms with Gasteiger partial charge in [0.25, 0.3) is 0 Å². The molecule has 110 valence electrons. The third-order valence-electron chi connectivity index (χ3n) is 2.57. The van der Waals surface area contributed by atoms with Crippen LogP contribution in [0.1, 0.15) is 20.8 Å². The Hall–Kier alpha value is -2.18. The van der Waals surface area contributed by atoms with E-state index in [2.05, 4.69) is 10.6 Å². The van der Waals surface area contributed by atoms with Crippen molar-refractivity contribution in [1.29, 1.82) is 0 Å². The van der Waals surface area contributed by atoms with Crippen LogP contribution in [-0.2, 0) is 4.79 Å². The van der Waals surface area contributed by atoms with Crippen molar-refractivity contribution in [2.45, 2.75) is 26.8 Å². The molecule has 1 aromatic carbocycles. The predicted molar refractivity (Wildman–Crippen MR) is 69.4 cm³/mol. The molecule has 3 N–H and O–H groups in total. The summed E-state index contributed by atoms with van der Waals surface area (Å²) in [6.07, 6.45) is 0. The van der Waals surface area contributed by atoms with E-state index in [4.69, 9.17) is 5.11 Å². The van der Waals surface area contributed by atoms with E-state index in [-0.39, 0.29) is 5.69 Å². The molecule has 0 spiro atoms. The Morgan fingerprint density at radius 2 is 1.80 bits per heavy atom. The molecule has 5 nitrogen and oxygen atoms in total. The minimum atomic E-state index is -1.18. The van der Waals surface area contributed by atoms with E-state index in [0.29, 0.717) is 0 Å². The summed E-state index contributed by atoms with van der Waals surface area (Å²) in [4.78, 5) is 22.7. The van der Waals surface area contributed by atoms with Crippen LogP contribution in [-0.4, -0.2) is 23.1 Å². The molecule has 20 heavy (non-hydrogen) atoms. The molecule has 0 heterocycles. The standard InChI is InChI=1S/C13H16F2N2O3/c1-13(2,3)10(11(18)19)17-12(20)16-7-4-5-8(14)9(15)6-7/h4-6,10H,1-3H3,(H,18,19)(H2,16,17,20)/t10-/m1/s1. The van der Waals surface area contributed by atoms with Gasteiger partial charge in [-0.15, -0.1) is 0 Å². The molecule has 2 amide bonds. The van der Waals surface area contributed by atoms with Gasteiger partial charge in [0.1, 0.15) is 6.04 Å². The van der Waals surface area contributed by atoms with Crippen molar-refractivity contribution in [2.75, 3.05) is 5.32 Å². The highest BCUT2D eigenvalue weighted by atomic mass is 19.2. The number of carbonyl (C=O) groups is 2. The molecule has 0 unspecified atom stereocenters. The molecular weight excluding hydrogens is 270 g/mol. The van der Waals surface area contributed by atoms with Crippen LogP contribution in [0.4, 0.5) is 19.3 Å². The molecule has 7 heteroatoms. The molecule has 0 aliphatic heterocycles. The number of anilines is 1. The number of rotatable bonds is 3. The number of halogens is 2. The number of amides is 2. The summed E-state index contributed by atoms with van der Waals surface area (Å²) in [5, 5.41) is 13.6. The molecule has 0 aliphatic carbocycles. The molecule has 0 radical (unpaired) electrons. The zero-order valence-electron chi connectivity index (χ0n) is 11.3. The molecule has 0 bridgehead atoms. The number of urea groups is 1. The van der Waals surface area contributed by atoms with Gasteiger partial charge in [0.15, 0.2) is 11.6 Å². The fourth-order valence-corrected chi connectivity index (χ4v) is 1.52. The van der Waals surface area contributed by atoms with Gasteiger partial charge < -0.3 is 15.7 Å². The van der Waals surface area contributed by atoms with Gasteiger partial charge >= 0.3 is 12.0 Å². The normalized spacial score (nSPS) is 12.7. The van der Waals surface area contributed by atoms with Crippen LogP contribution in [0.2, 0.25) is 0 Å². The molecule has 0 aliphatic rings. The van der Waals surface area contributed by atoms with Crippen LogP contribution >= 0.6 is 0 Å². The Balaban J connectivity index is 2.76. The fraction of sp³-hybridized carbons (Fsp3) is 0.385. The lowest BCUT2D eigenvalue weighted by Gasteiger charge is -2.27. The largest absolute Gasteiger partial charge is 0.480 e. The summed E-state index contributed by atoms with van der Waals surface area (Å²) < 4.78 is 25.7. The summed E-state index contributed by atoms with van der Waals surface area (Å²) in [5.41, 5.74) is -0.670. The summed E-state index contributed by atoms with van der Waals surface area (Å²) >= 11 is 0. The number of nitrogens with one attached hydrogen (secondary N) is 2. The summed E-state index contributed by atoms with van der Waals surface area (Å²) in [6.45, 7) is 4.97. The maximum atomic E-state index is 13.0. The van der Waals surface area contributed by atoms with Crippen LogP contribution in [0.3, 0.4) is 0 Å². The topological polar surface area (TPSA) is 78.4 Å². The van der Waals surface area contributed by atoms with Crippen LogP contribution in [0.5, 0.6) is 0 Å². The van der Waals surface area contributed by atoms with E-state index in [0.717, 1.165) is 12.1 Å². The molecule has 0 saturated heterocycles. The highest BCUT2D eigenvalue weighted by Crippen LogP contribution is 2.20. The summed E-state index contributed by atoms with van der Waals surface area (Å²) in [7, 11) is 0. The second-order valence-electron chi connectivity index (χ2n) is 5.36. The molecule has 0 fully saturated rings. The Kier molecular flexibility index (Phi) is 4.65. The average Bonchev–Trinajstić information content (AvgIpc) is 2.29. The lowest BCUT2D eigenvalue weighted by atomic mass is 9.87. The number of carboxylic acids is 1. The van der Waals surface area contributed by atoms with E-state index in [1.165, 1.54) is 6.07 Å². The molecule has 1 rings (SSSR count). The second kappa shape index (κ2) is 5.85. The minimum Gasteiger partial charge on any atom is -0.480 e. The van der Waals surface area contributed by atoms with Crippen molar-refractivity contribution in [2.24, 2.45) is 5.41 Å². The van der Waals surface area contributed by atoms with Crippen molar-refractivity contribution in [3.8, 4) is 0 Å². The van der Waals surface area contributed by atoms with Crippen LogP contribution in [0.15, 0.2) is 18.2 Å². The molecule has 0 saturated carbocycles. The Bertz CT molecular complexity index is 527. The molecule has 1 aromatic rings. The average molecular weight is 286 g/mol. The summed E-state index contributed by atoms with van der Waals surface area (Å²) in [6, 6.07) is 0.918. The third-order valence-corrected chi connectivity index (χ3v) is 2.57. The van der Waals surface area contributed by atoms with Gasteiger partial charge in [0, 0.05) is 11.8 Å². The minimum absolute atomic E-state index is 0.0273. The van der Waals surface area contributed by atoms with E-state index < -0.39 is 35.1 Å². The molecule has 1 atom stereocenters. The van der Waals surface area contributed by atoms with Crippen molar-refractivity contribution < 1.29 is 23.5 Å². The van der Waals surface area contributed by atoms with Gasteiger partial charge in [-0.05, 0) is 17.5 Å². The number of carboxylic acid groups (broad SMARTS) is 1. The van der Waals surface area contributed by atoms with Crippen molar-refractivity contribution >= 4 is 17.7 Å². The number of aliphatic carboxylic acids is 1. The number of hydrogen-bond acceptors (Lipinski definition) is 2. The number of benzene rings is 1. The van der Waals surface area contributed by atoms with E-state index >= 15 is 0 Å². The summed E-state index contributed by atoms with van der Waals surface area (Å²) in [5.74, 6) is -3.32. The van der Waals surface area contributed by atoms with Crippen molar-refractivity contribution in [3.63, 3.8) is 0 Å². The lowest BCUT2D eigenvalue weighted by molar-refractivity contribution is -0.141. The Morgan fingerprint density at radius 3 is 2.25 bits per heavy atom. The first kappa shape index (κ1) is 15.9. The van der Waals surface area contributed by atoms with Crippen LogP contribution in [0, 0.1) is 17.0 Å². The zero-order chi connectivity index (χ0) is 15.5. The van der Waals surface area contributed by atoms with Gasteiger partial charge in [-0.1, -0.05) is 20.8 Å². The highest BCUT2D eigenvalue weighted by molar-refractivity contribution is 5.92. The van der Waals surface area contributed by atoms with Gasteiger partial charge in [0.05, 0.1) is 0 Å². The molecule has 0 aromatic heterocycles. The van der Waals surface area contributed by atoms with E-state index in [1.54, 1.807) is 20.8 Å². The number of carbonyl (C=O) groups excluding carboxylic acids is 1. The SMILES string of the molecule is CC(C)(C)[C@H](NC(=O)Nc1ccc(F)c(F)c1)C(=O)O. The number of hydrogen-bond donors (Lipinski definition) is 3. The smallest absolute Gasteiger partial charge is 0.326 e. The first-order chi connectivity index (χ1) is 9.11. The maximum absolute atomic E-state index is 13.0. The van der Waals surface area contributed by atoms with Crippen molar-refractivity contribution in [1.82, 2.24) is 5.32 Å². The van der Waals surface area contributed by atoms with Gasteiger partial charge in [-0.3, -0.25) is 0 Å². The van der Waals surface area contributed by atoms with E-state index in [1.807, 2.05) is 0 Å². The first-order valence-corrected chi connectivity index (χ1v) is 5.86. The van der Waals surface area contributed by atoms with Crippen LogP contribution in [0.25, 0.3) is 0 Å². The predicted octanol–water partition coefficient (Wildman–Crippen LogP) is 2.59. The second-order valence-corrected chi connectivity index (χ2v) is 5.36. The highest BCUT2D eigenvalue weighted by Gasteiger charge is 2.32. The van der Waals surface area contributed by atoms with E-state index in [9.17, 15) is 18.4 Å². The zero-order valence-corrected chi connectivity index (χ0v) is 11.3.